The van der Waals surface area contributed by atoms with Gasteiger partial charge in [-0.2, -0.15) is 10.2 Å². The van der Waals surface area contributed by atoms with Gasteiger partial charge in [0.15, 0.2) is 5.82 Å². The lowest BCUT2D eigenvalue weighted by molar-refractivity contribution is 0.408. The van der Waals surface area contributed by atoms with Crippen molar-refractivity contribution in [3.8, 4) is 6.07 Å². The monoisotopic (exact) mass is 180 g/mol. The highest BCUT2D eigenvalue weighted by atomic mass is 16.5. The van der Waals surface area contributed by atoms with Crippen LogP contribution in [0.2, 0.25) is 0 Å². The van der Waals surface area contributed by atoms with Crippen molar-refractivity contribution in [1.82, 2.24) is 15.5 Å². The molecule has 70 valence electrons. The summed E-state index contributed by atoms with van der Waals surface area (Å²) >= 11 is 0. The maximum absolute atomic E-state index is 8.39. The van der Waals surface area contributed by atoms with Gasteiger partial charge >= 0.3 is 0 Å². The van der Waals surface area contributed by atoms with E-state index in [-0.39, 0.29) is 6.04 Å². The summed E-state index contributed by atoms with van der Waals surface area (Å²) in [6, 6.07) is 2.32. The fourth-order valence-corrected chi connectivity index (χ4v) is 0.942. The van der Waals surface area contributed by atoms with Gasteiger partial charge in [-0.25, -0.2) is 0 Å². The van der Waals surface area contributed by atoms with Gasteiger partial charge in [-0.05, 0) is 6.92 Å². The minimum Gasteiger partial charge on any atom is -0.343 e. The van der Waals surface area contributed by atoms with Gasteiger partial charge in [0.25, 0.3) is 0 Å². The van der Waals surface area contributed by atoms with E-state index in [0.29, 0.717) is 12.2 Å². The molecule has 1 heterocycles. The van der Waals surface area contributed by atoms with Crippen LogP contribution in [-0.4, -0.2) is 22.7 Å². The smallest absolute Gasteiger partial charge is 0.213 e. The largest absolute Gasteiger partial charge is 0.343 e. The number of nitrogens with one attached hydrogen (secondary N) is 1. The predicted molar refractivity (Wildman–Crippen MR) is 45.7 cm³/mol. The van der Waals surface area contributed by atoms with Gasteiger partial charge in [0.2, 0.25) is 6.39 Å². The Kier molecular flexibility index (Phi) is 3.93. The highest BCUT2D eigenvalue weighted by molar-refractivity contribution is 4.81. The zero-order valence-electron chi connectivity index (χ0n) is 7.53. The molecule has 5 heteroatoms. The highest BCUT2D eigenvalue weighted by Gasteiger charge is 2.01. The lowest BCUT2D eigenvalue weighted by Gasteiger charge is -2.07. The lowest BCUT2D eigenvalue weighted by atomic mass is 10.2. The van der Waals surface area contributed by atoms with Crippen LogP contribution in [0.25, 0.3) is 0 Å². The number of aromatic nitrogens is 2. The molecule has 13 heavy (non-hydrogen) atoms. The molecule has 0 fully saturated rings. The van der Waals surface area contributed by atoms with E-state index in [1.807, 2.05) is 6.92 Å². The van der Waals surface area contributed by atoms with E-state index in [2.05, 4.69) is 26.0 Å². The Bertz CT molecular complexity index is 264. The zero-order chi connectivity index (χ0) is 9.52. The predicted octanol–water partition coefficient (Wildman–Crippen LogP) is 0.504. The standard InChI is InChI=1S/C8H12N4O/c1-7(2-4-9)10-5-3-8-11-6-13-12-8/h6-7,10H,2-3,5H2,1H3. The Morgan fingerprint density at radius 3 is 3.23 bits per heavy atom. The van der Waals surface area contributed by atoms with Crippen LogP contribution >= 0.6 is 0 Å². The van der Waals surface area contributed by atoms with Crippen molar-refractivity contribution in [1.29, 1.82) is 5.26 Å². The summed E-state index contributed by atoms with van der Waals surface area (Å²) in [4.78, 5) is 3.88. The van der Waals surface area contributed by atoms with Crippen LogP contribution in [0.3, 0.4) is 0 Å². The quantitative estimate of drug-likeness (QED) is 0.714. The molecule has 1 rings (SSSR count). The topological polar surface area (TPSA) is 74.7 Å². The van der Waals surface area contributed by atoms with Gasteiger partial charge in [-0.1, -0.05) is 5.16 Å². The van der Waals surface area contributed by atoms with Crippen LogP contribution in [0.4, 0.5) is 0 Å². The summed E-state index contributed by atoms with van der Waals surface area (Å²) in [5.74, 6) is 0.691. The van der Waals surface area contributed by atoms with Crippen LogP contribution < -0.4 is 5.32 Å². The lowest BCUT2D eigenvalue weighted by Crippen LogP contribution is -2.27. The molecule has 0 saturated heterocycles. The number of hydrogen-bond donors (Lipinski definition) is 1. The van der Waals surface area contributed by atoms with E-state index in [9.17, 15) is 0 Å². The van der Waals surface area contributed by atoms with E-state index < -0.39 is 0 Å². The van der Waals surface area contributed by atoms with E-state index in [1.54, 1.807) is 0 Å². The summed E-state index contributed by atoms with van der Waals surface area (Å²) in [5, 5.41) is 15.2. The summed E-state index contributed by atoms with van der Waals surface area (Å²) in [6.45, 7) is 2.74. The SMILES string of the molecule is CC(CC#N)NCCc1ncon1. The second-order valence-electron chi connectivity index (χ2n) is 2.81. The molecule has 0 saturated carbocycles. The Balaban J connectivity index is 2.11. The normalized spacial score (nSPS) is 12.3. The van der Waals surface area contributed by atoms with Gasteiger partial charge in [-0.3, -0.25) is 0 Å². The van der Waals surface area contributed by atoms with Gasteiger partial charge in [-0.15, -0.1) is 0 Å². The maximum atomic E-state index is 8.39. The zero-order valence-corrected chi connectivity index (χ0v) is 7.53. The van der Waals surface area contributed by atoms with E-state index in [1.165, 1.54) is 6.39 Å². The van der Waals surface area contributed by atoms with E-state index >= 15 is 0 Å². The molecule has 0 aliphatic heterocycles. The molecule has 0 aromatic carbocycles. The Morgan fingerprint density at radius 1 is 1.77 bits per heavy atom. The van der Waals surface area contributed by atoms with Crippen molar-refractivity contribution in [2.75, 3.05) is 6.54 Å². The third-order valence-electron chi connectivity index (χ3n) is 1.65. The number of nitrogens with zero attached hydrogens (tertiary/aromatic N) is 3. The summed E-state index contributed by atoms with van der Waals surface area (Å²) in [6.07, 6.45) is 2.56. The van der Waals surface area contributed by atoms with Crippen molar-refractivity contribution < 1.29 is 4.52 Å². The highest BCUT2D eigenvalue weighted by Crippen LogP contribution is 1.91. The molecule has 0 amide bonds. The van der Waals surface area contributed by atoms with Crippen molar-refractivity contribution in [3.05, 3.63) is 12.2 Å². The van der Waals surface area contributed by atoms with E-state index in [4.69, 9.17) is 5.26 Å². The molecule has 1 N–H and O–H groups in total. The average Bonchev–Trinajstić information content (AvgIpc) is 2.57. The van der Waals surface area contributed by atoms with Crippen LogP contribution in [-0.2, 0) is 6.42 Å². The molecule has 0 bridgehead atoms. The first-order valence-corrected chi connectivity index (χ1v) is 4.18. The van der Waals surface area contributed by atoms with Crippen molar-refractivity contribution in [3.63, 3.8) is 0 Å². The maximum Gasteiger partial charge on any atom is 0.213 e. The Labute approximate surface area is 76.7 Å². The summed E-state index contributed by atoms with van der Waals surface area (Å²) in [7, 11) is 0. The third kappa shape index (κ3) is 3.67. The second kappa shape index (κ2) is 5.27. The van der Waals surface area contributed by atoms with Crippen LogP contribution in [0.1, 0.15) is 19.2 Å². The molecule has 1 unspecified atom stereocenters. The summed E-state index contributed by atoms with van der Waals surface area (Å²) in [5.41, 5.74) is 0. The molecular formula is C8H12N4O. The van der Waals surface area contributed by atoms with Crippen molar-refractivity contribution >= 4 is 0 Å². The summed E-state index contributed by atoms with van der Waals surface area (Å²) < 4.78 is 4.58. The minimum atomic E-state index is 0.219. The van der Waals surface area contributed by atoms with Gasteiger partial charge in [0.1, 0.15) is 0 Å². The molecule has 1 aromatic rings. The van der Waals surface area contributed by atoms with Crippen LogP contribution in [0.5, 0.6) is 0 Å². The molecular weight excluding hydrogens is 168 g/mol. The van der Waals surface area contributed by atoms with Crippen molar-refractivity contribution in [2.24, 2.45) is 0 Å². The Hall–Kier alpha value is -1.41. The number of hydrogen-bond acceptors (Lipinski definition) is 5. The molecule has 0 radical (unpaired) electrons. The van der Waals surface area contributed by atoms with Crippen molar-refractivity contribution in [2.45, 2.75) is 25.8 Å². The molecule has 0 aliphatic carbocycles. The first-order valence-electron chi connectivity index (χ1n) is 4.18. The Morgan fingerprint density at radius 2 is 2.62 bits per heavy atom. The molecule has 0 spiro atoms. The first-order chi connectivity index (χ1) is 6.33. The first kappa shape index (κ1) is 9.68. The molecule has 1 aromatic heterocycles. The van der Waals surface area contributed by atoms with Crippen LogP contribution in [0.15, 0.2) is 10.9 Å². The average molecular weight is 180 g/mol. The van der Waals surface area contributed by atoms with Gasteiger partial charge < -0.3 is 9.84 Å². The number of nitriles is 1. The third-order valence-corrected chi connectivity index (χ3v) is 1.65. The molecule has 5 nitrogen and oxygen atoms in total. The fourth-order valence-electron chi connectivity index (χ4n) is 0.942. The molecule has 0 aliphatic rings. The molecule has 1 atom stereocenters. The van der Waals surface area contributed by atoms with Crippen LogP contribution in [0, 0.1) is 11.3 Å². The van der Waals surface area contributed by atoms with E-state index in [0.717, 1.165) is 13.0 Å². The minimum absolute atomic E-state index is 0.219. The second-order valence-corrected chi connectivity index (χ2v) is 2.81. The fraction of sp³-hybridized carbons (Fsp3) is 0.625. The van der Waals surface area contributed by atoms with Gasteiger partial charge in [0, 0.05) is 19.0 Å². The number of rotatable bonds is 5. The van der Waals surface area contributed by atoms with Gasteiger partial charge in [0.05, 0.1) is 12.5 Å².